The van der Waals surface area contributed by atoms with E-state index in [1.54, 1.807) is 0 Å². The molecule has 3 rings (SSSR count). The number of hydrogen-bond acceptors (Lipinski definition) is 4. The van der Waals surface area contributed by atoms with E-state index in [4.69, 9.17) is 19.9 Å². The summed E-state index contributed by atoms with van der Waals surface area (Å²) in [6.07, 6.45) is 19.4. The zero-order valence-electron chi connectivity index (χ0n) is 28.1. The fraction of sp³-hybridized carbons (Fsp3) is 0.561. The molecule has 3 atom stereocenters. The summed E-state index contributed by atoms with van der Waals surface area (Å²) in [5.74, 6) is 0. The first-order valence-electron chi connectivity index (χ1n) is 17.9. The maximum absolute atomic E-state index is 6.84. The highest BCUT2D eigenvalue weighted by atomic mass is 16.5. The molecule has 0 aliphatic heterocycles. The molecule has 0 radical (unpaired) electrons. The van der Waals surface area contributed by atoms with E-state index in [1.165, 1.54) is 89.0 Å². The average molecular weight is 616 g/mol. The third-order valence-corrected chi connectivity index (χ3v) is 8.64. The second-order valence-corrected chi connectivity index (χ2v) is 12.6. The van der Waals surface area contributed by atoms with Crippen molar-refractivity contribution >= 4 is 0 Å². The summed E-state index contributed by atoms with van der Waals surface area (Å²) in [6.45, 7) is 4.29. The zero-order valence-corrected chi connectivity index (χ0v) is 28.1. The van der Waals surface area contributed by atoms with Gasteiger partial charge in [0.1, 0.15) is 6.10 Å². The van der Waals surface area contributed by atoms with Gasteiger partial charge in [-0.25, -0.2) is 0 Å². The SMILES string of the molecule is CCCCCCCCCCCCCCCC[C@@H](OCc1ccccc1)[C@@H](OCc1ccccc1)[C@@H](N)COCc1ccccc1. The minimum atomic E-state index is -0.301. The Labute approximate surface area is 275 Å². The van der Waals surface area contributed by atoms with Crippen LogP contribution in [0.4, 0.5) is 0 Å². The average Bonchev–Trinajstić information content (AvgIpc) is 3.08. The molecule has 248 valence electrons. The second-order valence-electron chi connectivity index (χ2n) is 12.6. The predicted octanol–water partition coefficient (Wildman–Crippen LogP) is 10.6. The van der Waals surface area contributed by atoms with Gasteiger partial charge in [-0.05, 0) is 23.1 Å². The minimum absolute atomic E-state index is 0.110. The van der Waals surface area contributed by atoms with Gasteiger partial charge in [0.05, 0.1) is 38.6 Å². The number of unbranched alkanes of at least 4 members (excludes halogenated alkanes) is 13. The second kappa shape index (κ2) is 24.7. The number of hydrogen-bond donors (Lipinski definition) is 1. The quantitative estimate of drug-likeness (QED) is 0.0867. The van der Waals surface area contributed by atoms with Gasteiger partial charge in [0, 0.05) is 0 Å². The number of nitrogens with two attached hydrogens (primary N) is 1. The van der Waals surface area contributed by atoms with Gasteiger partial charge in [-0.1, -0.05) is 188 Å². The highest BCUT2D eigenvalue weighted by Crippen LogP contribution is 2.21. The summed E-state index contributed by atoms with van der Waals surface area (Å²) in [5.41, 5.74) is 10.3. The van der Waals surface area contributed by atoms with Crippen molar-refractivity contribution in [3.05, 3.63) is 108 Å². The van der Waals surface area contributed by atoms with Gasteiger partial charge in [-0.3, -0.25) is 0 Å². The molecule has 4 heteroatoms. The van der Waals surface area contributed by atoms with Crippen LogP contribution in [0.5, 0.6) is 0 Å². The molecule has 0 unspecified atom stereocenters. The van der Waals surface area contributed by atoms with E-state index in [-0.39, 0.29) is 18.2 Å². The largest absolute Gasteiger partial charge is 0.375 e. The van der Waals surface area contributed by atoms with Gasteiger partial charge >= 0.3 is 0 Å². The lowest BCUT2D eigenvalue weighted by Crippen LogP contribution is -2.48. The van der Waals surface area contributed by atoms with E-state index < -0.39 is 0 Å². The van der Waals surface area contributed by atoms with Crippen LogP contribution in [0, 0.1) is 0 Å². The molecule has 4 nitrogen and oxygen atoms in total. The van der Waals surface area contributed by atoms with Crippen LogP contribution in [0.2, 0.25) is 0 Å². The number of ether oxygens (including phenoxy) is 3. The zero-order chi connectivity index (χ0) is 31.6. The van der Waals surface area contributed by atoms with E-state index >= 15 is 0 Å². The molecule has 0 amide bonds. The normalized spacial score (nSPS) is 13.5. The van der Waals surface area contributed by atoms with Crippen molar-refractivity contribution in [2.45, 2.75) is 141 Å². The summed E-state index contributed by atoms with van der Waals surface area (Å²) in [6, 6.07) is 30.7. The van der Waals surface area contributed by atoms with Crippen molar-refractivity contribution in [3.8, 4) is 0 Å². The van der Waals surface area contributed by atoms with Crippen molar-refractivity contribution in [1.29, 1.82) is 0 Å². The molecule has 3 aromatic carbocycles. The van der Waals surface area contributed by atoms with Crippen LogP contribution in [0.3, 0.4) is 0 Å². The van der Waals surface area contributed by atoms with E-state index in [0.29, 0.717) is 26.4 Å². The van der Waals surface area contributed by atoms with Crippen LogP contribution in [0.15, 0.2) is 91.0 Å². The highest BCUT2D eigenvalue weighted by Gasteiger charge is 2.29. The molecule has 45 heavy (non-hydrogen) atoms. The fourth-order valence-electron chi connectivity index (χ4n) is 5.92. The molecule has 0 saturated carbocycles. The first-order chi connectivity index (χ1) is 22.3. The van der Waals surface area contributed by atoms with E-state index in [1.807, 2.05) is 30.3 Å². The molecule has 0 fully saturated rings. The van der Waals surface area contributed by atoms with Crippen molar-refractivity contribution in [2.75, 3.05) is 6.61 Å². The molecular formula is C41H61NO3. The smallest absolute Gasteiger partial charge is 0.101 e. The summed E-state index contributed by atoms with van der Waals surface area (Å²) in [7, 11) is 0. The topological polar surface area (TPSA) is 53.7 Å². The first-order valence-corrected chi connectivity index (χ1v) is 17.9. The first kappa shape index (κ1) is 37.0. The summed E-state index contributed by atoms with van der Waals surface area (Å²) < 4.78 is 19.3. The Morgan fingerprint density at radius 3 is 1.36 bits per heavy atom. The summed E-state index contributed by atoms with van der Waals surface area (Å²) >= 11 is 0. The minimum Gasteiger partial charge on any atom is -0.375 e. The molecule has 2 N–H and O–H groups in total. The summed E-state index contributed by atoms with van der Waals surface area (Å²) in [4.78, 5) is 0. The third kappa shape index (κ3) is 17.1. The van der Waals surface area contributed by atoms with E-state index in [0.717, 1.165) is 24.0 Å². The lowest BCUT2D eigenvalue weighted by molar-refractivity contribution is -0.108. The molecule has 0 bridgehead atoms. The summed E-state index contributed by atoms with van der Waals surface area (Å²) in [5, 5.41) is 0. The van der Waals surface area contributed by atoms with Crippen molar-refractivity contribution in [1.82, 2.24) is 0 Å². The van der Waals surface area contributed by atoms with Crippen LogP contribution in [0.25, 0.3) is 0 Å². The van der Waals surface area contributed by atoms with Gasteiger partial charge in [0.15, 0.2) is 0 Å². The van der Waals surface area contributed by atoms with E-state index in [9.17, 15) is 0 Å². The van der Waals surface area contributed by atoms with Gasteiger partial charge in [-0.15, -0.1) is 0 Å². The molecule has 3 aromatic rings. The van der Waals surface area contributed by atoms with Crippen molar-refractivity contribution < 1.29 is 14.2 Å². The van der Waals surface area contributed by atoms with Crippen LogP contribution < -0.4 is 5.73 Å². The lowest BCUT2D eigenvalue weighted by atomic mass is 9.99. The molecule has 0 spiro atoms. The van der Waals surface area contributed by atoms with Gasteiger partial charge in [0.25, 0.3) is 0 Å². The van der Waals surface area contributed by atoms with Gasteiger partial charge in [0.2, 0.25) is 0 Å². The van der Waals surface area contributed by atoms with Gasteiger partial charge < -0.3 is 19.9 Å². The molecule has 0 heterocycles. The molecular weight excluding hydrogens is 554 g/mol. The fourth-order valence-corrected chi connectivity index (χ4v) is 5.92. The maximum atomic E-state index is 6.84. The Kier molecular flexibility index (Phi) is 20.3. The molecule has 0 saturated heterocycles. The van der Waals surface area contributed by atoms with Crippen LogP contribution in [-0.4, -0.2) is 24.9 Å². The monoisotopic (exact) mass is 615 g/mol. The van der Waals surface area contributed by atoms with E-state index in [2.05, 4.69) is 67.6 Å². The van der Waals surface area contributed by atoms with Crippen molar-refractivity contribution in [2.24, 2.45) is 5.73 Å². The Bertz CT molecular complexity index is 1060. The maximum Gasteiger partial charge on any atom is 0.101 e. The Morgan fingerprint density at radius 1 is 0.489 bits per heavy atom. The number of rotatable bonds is 27. The predicted molar refractivity (Wildman–Crippen MR) is 189 cm³/mol. The molecule has 0 aliphatic rings. The Hall–Kier alpha value is -2.50. The van der Waals surface area contributed by atoms with Crippen LogP contribution in [0.1, 0.15) is 120 Å². The van der Waals surface area contributed by atoms with Crippen LogP contribution in [-0.2, 0) is 34.0 Å². The standard InChI is InChI=1S/C41H61NO3/c1-2-3-4-5-6-7-8-9-10-11-12-13-14-24-31-40(44-33-37-27-20-16-21-28-37)41(45-34-38-29-22-17-23-30-38)39(42)35-43-32-36-25-18-15-19-26-36/h15-23,25-30,39-41H,2-14,24,31-35,42H2,1H3/t39-,40+,41-/m0/s1. The Morgan fingerprint density at radius 2 is 0.889 bits per heavy atom. The third-order valence-electron chi connectivity index (χ3n) is 8.64. The molecule has 0 aromatic heterocycles. The van der Waals surface area contributed by atoms with Gasteiger partial charge in [-0.2, -0.15) is 0 Å². The Balaban J connectivity index is 1.48. The van der Waals surface area contributed by atoms with Crippen LogP contribution >= 0.6 is 0 Å². The lowest BCUT2D eigenvalue weighted by Gasteiger charge is -2.32. The van der Waals surface area contributed by atoms with Crippen molar-refractivity contribution in [3.63, 3.8) is 0 Å². The highest BCUT2D eigenvalue weighted by molar-refractivity contribution is 5.15. The number of benzene rings is 3. The molecule has 0 aliphatic carbocycles.